The van der Waals surface area contributed by atoms with E-state index < -0.39 is 10.0 Å². The van der Waals surface area contributed by atoms with Gasteiger partial charge in [-0.05, 0) is 52.1 Å². The van der Waals surface area contributed by atoms with Gasteiger partial charge in [-0.2, -0.15) is 0 Å². The summed E-state index contributed by atoms with van der Waals surface area (Å²) < 4.78 is 28.5. The molecule has 1 aromatic rings. The summed E-state index contributed by atoms with van der Waals surface area (Å²) in [5.74, 6) is 0. The van der Waals surface area contributed by atoms with Crippen LogP contribution >= 0.6 is 15.9 Å². The molecule has 0 saturated heterocycles. The first-order valence-electron chi connectivity index (χ1n) is 7.12. The first-order valence-corrected chi connectivity index (χ1v) is 9.40. The van der Waals surface area contributed by atoms with E-state index in [1.807, 2.05) is 0 Å². The van der Waals surface area contributed by atoms with E-state index in [9.17, 15) is 8.42 Å². The van der Waals surface area contributed by atoms with Crippen LogP contribution in [0.3, 0.4) is 0 Å². The number of hydrogen-bond acceptors (Lipinski definition) is 3. The molecule has 0 spiro atoms. The Balaban J connectivity index is 2.20. The van der Waals surface area contributed by atoms with Gasteiger partial charge >= 0.3 is 0 Å². The largest absolute Gasteiger partial charge is 0.262 e. The van der Waals surface area contributed by atoms with Crippen LogP contribution in [0.5, 0.6) is 0 Å². The van der Waals surface area contributed by atoms with Gasteiger partial charge in [0.15, 0.2) is 0 Å². The fraction of sp³-hybridized carbons (Fsp3) is 0.667. The summed E-state index contributed by atoms with van der Waals surface area (Å²) in [6.45, 7) is 8.82. The molecule has 4 nitrogen and oxygen atoms in total. The lowest BCUT2D eigenvalue weighted by atomic mass is 9.64. The Bertz CT molecular complexity index is 610. The number of rotatable bonds is 3. The predicted octanol–water partition coefficient (Wildman–Crippen LogP) is 3.73. The third-order valence-electron chi connectivity index (χ3n) is 3.87. The zero-order valence-corrected chi connectivity index (χ0v) is 15.4. The smallest absolute Gasteiger partial charge is 0.242 e. The highest BCUT2D eigenvalue weighted by molar-refractivity contribution is 9.10. The van der Waals surface area contributed by atoms with Crippen LogP contribution in [0.15, 0.2) is 27.8 Å². The lowest BCUT2D eigenvalue weighted by molar-refractivity contribution is 0.0934. The first kappa shape index (κ1) is 16.9. The lowest BCUT2D eigenvalue weighted by Gasteiger charge is -2.45. The van der Waals surface area contributed by atoms with E-state index in [4.69, 9.17) is 0 Å². The minimum absolute atomic E-state index is 0.0345. The summed E-state index contributed by atoms with van der Waals surface area (Å²) in [5, 5.41) is 0. The first-order chi connectivity index (χ1) is 9.49. The standard InChI is InChI=1S/C15H23BrN2O2S/c1-14(2)6-12(7-15(3,4)10-14)18-21(19,20)13-5-11(16)8-17-9-13/h5,8-9,12,18H,6-7,10H2,1-4H3. The van der Waals surface area contributed by atoms with Gasteiger partial charge in [-0.25, -0.2) is 13.1 Å². The van der Waals surface area contributed by atoms with Gasteiger partial charge in [0.2, 0.25) is 10.0 Å². The number of halogens is 1. The predicted molar refractivity (Wildman–Crippen MR) is 87.5 cm³/mol. The fourth-order valence-corrected chi connectivity index (χ4v) is 5.50. The van der Waals surface area contributed by atoms with Crippen LogP contribution in [-0.2, 0) is 10.0 Å². The second kappa shape index (κ2) is 5.63. The SMILES string of the molecule is CC1(C)CC(NS(=O)(=O)c2cncc(Br)c2)CC(C)(C)C1. The summed E-state index contributed by atoms with van der Waals surface area (Å²) in [5.41, 5.74) is 0.287. The number of pyridine rings is 1. The molecule has 0 atom stereocenters. The van der Waals surface area contributed by atoms with Crippen LogP contribution < -0.4 is 4.72 Å². The molecule has 1 fully saturated rings. The molecule has 1 N–H and O–H groups in total. The van der Waals surface area contributed by atoms with Crippen LogP contribution in [-0.4, -0.2) is 19.4 Å². The molecule has 1 heterocycles. The Morgan fingerprint density at radius 1 is 1.19 bits per heavy atom. The van der Waals surface area contributed by atoms with Gasteiger partial charge in [0, 0.05) is 22.9 Å². The summed E-state index contributed by atoms with van der Waals surface area (Å²) in [6, 6.07) is 1.54. The molecular formula is C15H23BrN2O2S. The van der Waals surface area contributed by atoms with E-state index in [0.717, 1.165) is 19.3 Å². The van der Waals surface area contributed by atoms with E-state index in [-0.39, 0.29) is 21.8 Å². The molecule has 0 aliphatic heterocycles. The average molecular weight is 375 g/mol. The third-order valence-corrected chi connectivity index (χ3v) is 5.79. The molecule has 6 heteroatoms. The van der Waals surface area contributed by atoms with Gasteiger partial charge in [0.1, 0.15) is 4.90 Å². The fourth-order valence-electron chi connectivity index (χ4n) is 3.76. The number of nitrogens with one attached hydrogen (secondary N) is 1. The highest BCUT2D eigenvalue weighted by atomic mass is 79.9. The highest BCUT2D eigenvalue weighted by Crippen LogP contribution is 2.45. The summed E-state index contributed by atoms with van der Waals surface area (Å²) in [7, 11) is -3.53. The Labute approximate surface area is 135 Å². The third kappa shape index (κ3) is 4.50. The Morgan fingerprint density at radius 3 is 2.29 bits per heavy atom. The Hall–Kier alpha value is -0.460. The van der Waals surface area contributed by atoms with Crippen molar-refractivity contribution in [3.63, 3.8) is 0 Å². The van der Waals surface area contributed by atoms with Crippen LogP contribution in [0, 0.1) is 10.8 Å². The molecule has 1 saturated carbocycles. The molecule has 0 unspecified atom stereocenters. The maximum atomic E-state index is 12.5. The monoisotopic (exact) mass is 374 g/mol. The van der Waals surface area contributed by atoms with Gasteiger partial charge < -0.3 is 0 Å². The Kier molecular flexibility index (Phi) is 4.53. The van der Waals surface area contributed by atoms with Gasteiger partial charge in [0.05, 0.1) is 0 Å². The zero-order chi connectivity index (χ0) is 15.9. The van der Waals surface area contributed by atoms with Crippen molar-refractivity contribution in [3.8, 4) is 0 Å². The molecule has 0 bridgehead atoms. The van der Waals surface area contributed by atoms with Crippen molar-refractivity contribution in [1.82, 2.24) is 9.71 Å². The highest BCUT2D eigenvalue weighted by Gasteiger charge is 2.39. The zero-order valence-electron chi connectivity index (χ0n) is 13.0. The molecular weight excluding hydrogens is 352 g/mol. The van der Waals surface area contributed by atoms with Crippen molar-refractivity contribution < 1.29 is 8.42 Å². The van der Waals surface area contributed by atoms with Crippen LogP contribution in [0.25, 0.3) is 0 Å². The molecule has 1 aliphatic carbocycles. The van der Waals surface area contributed by atoms with E-state index in [0.29, 0.717) is 4.47 Å². The van der Waals surface area contributed by atoms with E-state index >= 15 is 0 Å². The van der Waals surface area contributed by atoms with Crippen LogP contribution in [0.1, 0.15) is 47.0 Å². The molecule has 0 radical (unpaired) electrons. The van der Waals surface area contributed by atoms with Gasteiger partial charge in [-0.3, -0.25) is 4.98 Å². The lowest BCUT2D eigenvalue weighted by Crippen LogP contribution is -2.45. The van der Waals surface area contributed by atoms with Gasteiger partial charge in [0.25, 0.3) is 0 Å². The van der Waals surface area contributed by atoms with Crippen LogP contribution in [0.2, 0.25) is 0 Å². The van der Waals surface area contributed by atoms with Crippen molar-refractivity contribution in [2.24, 2.45) is 10.8 Å². The second-order valence-corrected chi connectivity index (χ2v) is 10.2. The number of sulfonamides is 1. The minimum Gasteiger partial charge on any atom is -0.262 e. The van der Waals surface area contributed by atoms with Crippen LogP contribution in [0.4, 0.5) is 0 Å². The van der Waals surface area contributed by atoms with Gasteiger partial charge in [-0.15, -0.1) is 0 Å². The summed E-state index contributed by atoms with van der Waals surface area (Å²) in [4.78, 5) is 4.14. The average Bonchev–Trinajstić information content (AvgIpc) is 2.23. The quantitative estimate of drug-likeness (QED) is 0.876. The summed E-state index contributed by atoms with van der Waals surface area (Å²) in [6.07, 6.45) is 5.78. The second-order valence-electron chi connectivity index (χ2n) is 7.57. The molecule has 1 aliphatic rings. The topological polar surface area (TPSA) is 59.1 Å². The van der Waals surface area contributed by atoms with Crippen molar-refractivity contribution in [1.29, 1.82) is 0 Å². The van der Waals surface area contributed by atoms with Crippen molar-refractivity contribution in [2.45, 2.75) is 57.9 Å². The van der Waals surface area contributed by atoms with E-state index in [2.05, 4.69) is 53.3 Å². The number of nitrogens with zero attached hydrogens (tertiary/aromatic N) is 1. The summed E-state index contributed by atoms with van der Waals surface area (Å²) >= 11 is 3.26. The molecule has 1 aromatic heterocycles. The maximum Gasteiger partial charge on any atom is 0.242 e. The molecule has 2 rings (SSSR count). The van der Waals surface area contributed by atoms with Crippen molar-refractivity contribution in [2.75, 3.05) is 0 Å². The van der Waals surface area contributed by atoms with E-state index in [1.54, 1.807) is 12.3 Å². The molecule has 118 valence electrons. The van der Waals surface area contributed by atoms with Crippen molar-refractivity contribution in [3.05, 3.63) is 22.9 Å². The molecule has 0 aromatic carbocycles. The Morgan fingerprint density at radius 2 is 1.76 bits per heavy atom. The number of hydrogen-bond donors (Lipinski definition) is 1. The molecule has 0 amide bonds. The number of aromatic nitrogens is 1. The normalized spacial score (nSPS) is 22.1. The van der Waals surface area contributed by atoms with Gasteiger partial charge in [-0.1, -0.05) is 27.7 Å². The maximum absolute atomic E-state index is 12.5. The van der Waals surface area contributed by atoms with Crippen molar-refractivity contribution >= 4 is 26.0 Å². The minimum atomic E-state index is -3.53. The van der Waals surface area contributed by atoms with E-state index in [1.165, 1.54) is 6.20 Å². The molecule has 21 heavy (non-hydrogen) atoms.